The number of pyridine rings is 1. The maximum atomic E-state index is 12.7. The van der Waals surface area contributed by atoms with E-state index in [1.54, 1.807) is 42.6 Å². The SMILES string of the molecule is NC1=NC2(CCCCC2)N(c2ccc(S(=O)(=O)NCc3ccccn3)cc2)C(N)=N1. The molecule has 1 aromatic carbocycles. The fourth-order valence-electron chi connectivity index (χ4n) is 4.02. The molecule has 0 bridgehead atoms. The van der Waals surface area contributed by atoms with Gasteiger partial charge in [-0.2, -0.15) is 4.99 Å². The summed E-state index contributed by atoms with van der Waals surface area (Å²) in [4.78, 5) is 14.9. The van der Waals surface area contributed by atoms with Crippen LogP contribution in [-0.2, 0) is 16.6 Å². The first kappa shape index (κ1) is 20.3. The summed E-state index contributed by atoms with van der Waals surface area (Å²) in [6.07, 6.45) is 6.43. The van der Waals surface area contributed by atoms with Crippen LogP contribution in [0.3, 0.4) is 0 Å². The Morgan fingerprint density at radius 1 is 1.03 bits per heavy atom. The highest BCUT2D eigenvalue weighted by atomic mass is 32.2. The van der Waals surface area contributed by atoms with Crippen molar-refractivity contribution < 1.29 is 8.42 Å². The van der Waals surface area contributed by atoms with Crippen LogP contribution in [0, 0.1) is 0 Å². The summed E-state index contributed by atoms with van der Waals surface area (Å²) in [5, 5.41) is 0. The molecule has 158 valence electrons. The Hall–Kier alpha value is -2.98. The van der Waals surface area contributed by atoms with Gasteiger partial charge < -0.3 is 11.5 Å². The molecule has 9 nitrogen and oxygen atoms in total. The zero-order valence-corrected chi connectivity index (χ0v) is 17.3. The lowest BCUT2D eigenvalue weighted by Gasteiger charge is -2.45. The van der Waals surface area contributed by atoms with E-state index in [0.717, 1.165) is 37.8 Å². The Balaban J connectivity index is 1.57. The number of nitrogens with one attached hydrogen (secondary N) is 1. The standard InChI is InChI=1S/C20H25N7O2S/c21-18-25-19(22)27(20(26-18)11-3-1-4-12-20)16-7-9-17(10-8-16)30(28,29)24-14-15-6-2-5-13-23-15/h2,5-10,13,24H,1,3-4,11-12,14H2,(H4,21,22,25,26). The van der Waals surface area contributed by atoms with Gasteiger partial charge in [0.05, 0.1) is 17.1 Å². The second-order valence-corrected chi connectivity index (χ2v) is 9.23. The Bertz CT molecular complexity index is 1060. The lowest BCUT2D eigenvalue weighted by molar-refractivity contribution is 0.305. The Morgan fingerprint density at radius 3 is 2.43 bits per heavy atom. The van der Waals surface area contributed by atoms with Crippen LogP contribution in [0.2, 0.25) is 0 Å². The molecule has 2 aliphatic rings. The number of hydrogen-bond acceptors (Lipinski definition) is 8. The number of sulfonamides is 1. The van der Waals surface area contributed by atoms with Gasteiger partial charge in [0.15, 0.2) is 0 Å². The molecular weight excluding hydrogens is 402 g/mol. The maximum absolute atomic E-state index is 12.7. The predicted octanol–water partition coefficient (Wildman–Crippen LogP) is 1.67. The van der Waals surface area contributed by atoms with E-state index in [2.05, 4.69) is 19.7 Å². The molecule has 1 aromatic heterocycles. The minimum Gasteiger partial charge on any atom is -0.369 e. The molecule has 0 unspecified atom stereocenters. The van der Waals surface area contributed by atoms with E-state index < -0.39 is 15.7 Å². The van der Waals surface area contributed by atoms with Crippen molar-refractivity contribution in [3.63, 3.8) is 0 Å². The molecule has 30 heavy (non-hydrogen) atoms. The van der Waals surface area contributed by atoms with E-state index in [0.29, 0.717) is 5.69 Å². The first-order valence-electron chi connectivity index (χ1n) is 9.89. The lowest BCUT2D eigenvalue weighted by Crippen LogP contribution is -2.58. The third-order valence-electron chi connectivity index (χ3n) is 5.43. The third kappa shape index (κ3) is 4.01. The number of aliphatic imine (C=N–C) groups is 2. The lowest BCUT2D eigenvalue weighted by atomic mass is 9.87. The van der Waals surface area contributed by atoms with Gasteiger partial charge in [-0.1, -0.05) is 12.5 Å². The smallest absolute Gasteiger partial charge is 0.240 e. The normalized spacial score (nSPS) is 18.7. The quantitative estimate of drug-likeness (QED) is 0.663. The van der Waals surface area contributed by atoms with Gasteiger partial charge in [-0.3, -0.25) is 9.88 Å². The molecule has 5 N–H and O–H groups in total. The summed E-state index contributed by atoms with van der Waals surface area (Å²) in [5.41, 5.74) is 12.9. The van der Waals surface area contributed by atoms with Gasteiger partial charge in [0.2, 0.25) is 21.9 Å². The summed E-state index contributed by atoms with van der Waals surface area (Å²) in [7, 11) is -3.68. The number of benzene rings is 1. The first-order chi connectivity index (χ1) is 14.4. The fourth-order valence-corrected chi connectivity index (χ4v) is 5.02. The summed E-state index contributed by atoms with van der Waals surface area (Å²) in [6.45, 7) is 0.119. The number of rotatable bonds is 5. The van der Waals surface area contributed by atoms with Gasteiger partial charge in [-0.25, -0.2) is 18.1 Å². The topological polar surface area (TPSA) is 139 Å². The Kier molecular flexibility index (Phi) is 5.44. The van der Waals surface area contributed by atoms with Crippen molar-refractivity contribution in [3.8, 4) is 0 Å². The molecule has 4 rings (SSSR count). The van der Waals surface area contributed by atoms with E-state index in [-0.39, 0.29) is 23.4 Å². The van der Waals surface area contributed by atoms with Crippen molar-refractivity contribution in [2.45, 2.75) is 49.2 Å². The van der Waals surface area contributed by atoms with Crippen molar-refractivity contribution in [1.82, 2.24) is 9.71 Å². The van der Waals surface area contributed by atoms with Crippen LogP contribution >= 0.6 is 0 Å². The average molecular weight is 428 g/mol. The highest BCUT2D eigenvalue weighted by Crippen LogP contribution is 2.39. The minimum atomic E-state index is -3.68. The number of hydrogen-bond donors (Lipinski definition) is 3. The molecule has 0 amide bonds. The molecular formula is C20H25N7O2S. The highest BCUT2D eigenvalue weighted by Gasteiger charge is 2.42. The molecule has 1 saturated carbocycles. The van der Waals surface area contributed by atoms with E-state index >= 15 is 0 Å². The van der Waals surface area contributed by atoms with Crippen LogP contribution in [0.5, 0.6) is 0 Å². The van der Waals surface area contributed by atoms with Crippen molar-refractivity contribution in [2.75, 3.05) is 4.90 Å². The van der Waals surface area contributed by atoms with Gasteiger partial charge in [0.25, 0.3) is 0 Å². The largest absolute Gasteiger partial charge is 0.369 e. The van der Waals surface area contributed by atoms with E-state index in [9.17, 15) is 8.42 Å². The van der Waals surface area contributed by atoms with Crippen LogP contribution in [0.15, 0.2) is 63.5 Å². The van der Waals surface area contributed by atoms with Crippen LogP contribution in [-0.4, -0.2) is 31.0 Å². The van der Waals surface area contributed by atoms with Gasteiger partial charge >= 0.3 is 0 Å². The van der Waals surface area contributed by atoms with Crippen molar-refractivity contribution >= 4 is 27.6 Å². The molecule has 2 heterocycles. The third-order valence-corrected chi connectivity index (χ3v) is 6.84. The zero-order chi connectivity index (χ0) is 21.2. The van der Waals surface area contributed by atoms with Gasteiger partial charge in [-0.05, 0) is 62.1 Å². The molecule has 0 radical (unpaired) electrons. The molecule has 0 atom stereocenters. The number of guanidine groups is 2. The molecule has 1 aliphatic heterocycles. The molecule has 0 saturated heterocycles. The Morgan fingerprint density at radius 2 is 1.77 bits per heavy atom. The van der Waals surface area contributed by atoms with Crippen molar-refractivity contribution in [2.24, 2.45) is 21.5 Å². The zero-order valence-electron chi connectivity index (χ0n) is 16.5. The van der Waals surface area contributed by atoms with Crippen LogP contribution < -0.4 is 21.1 Å². The summed E-state index contributed by atoms with van der Waals surface area (Å²) < 4.78 is 27.9. The summed E-state index contributed by atoms with van der Waals surface area (Å²) in [5.74, 6) is 0.455. The van der Waals surface area contributed by atoms with Gasteiger partial charge in [-0.15, -0.1) is 0 Å². The Labute approximate surface area is 176 Å². The first-order valence-corrected chi connectivity index (χ1v) is 11.4. The van der Waals surface area contributed by atoms with Crippen molar-refractivity contribution in [3.05, 3.63) is 54.4 Å². The molecule has 1 aliphatic carbocycles. The second kappa shape index (κ2) is 8.04. The van der Waals surface area contributed by atoms with Gasteiger partial charge in [0.1, 0.15) is 5.66 Å². The fraction of sp³-hybridized carbons (Fsp3) is 0.350. The molecule has 1 spiro atoms. The van der Waals surface area contributed by atoms with Gasteiger partial charge in [0, 0.05) is 11.9 Å². The van der Waals surface area contributed by atoms with E-state index in [1.807, 2.05) is 11.0 Å². The van der Waals surface area contributed by atoms with E-state index in [4.69, 9.17) is 11.5 Å². The number of anilines is 1. The summed E-state index contributed by atoms with van der Waals surface area (Å²) >= 11 is 0. The summed E-state index contributed by atoms with van der Waals surface area (Å²) in [6, 6.07) is 11.9. The monoisotopic (exact) mass is 427 g/mol. The number of nitrogens with two attached hydrogens (primary N) is 2. The van der Waals surface area contributed by atoms with E-state index in [1.165, 1.54) is 0 Å². The van der Waals surface area contributed by atoms with Crippen LogP contribution in [0.1, 0.15) is 37.8 Å². The predicted molar refractivity (Wildman–Crippen MR) is 116 cm³/mol. The molecule has 2 aromatic rings. The highest BCUT2D eigenvalue weighted by molar-refractivity contribution is 7.89. The second-order valence-electron chi connectivity index (χ2n) is 7.46. The maximum Gasteiger partial charge on any atom is 0.240 e. The average Bonchev–Trinajstić information content (AvgIpc) is 2.73. The van der Waals surface area contributed by atoms with Crippen LogP contribution in [0.25, 0.3) is 0 Å². The number of nitrogens with zero attached hydrogens (tertiary/aromatic N) is 4. The van der Waals surface area contributed by atoms with Crippen LogP contribution in [0.4, 0.5) is 5.69 Å². The van der Waals surface area contributed by atoms with Crippen molar-refractivity contribution in [1.29, 1.82) is 0 Å². The molecule has 1 fully saturated rings. The molecule has 10 heteroatoms. The number of aromatic nitrogens is 1. The minimum absolute atomic E-state index is 0.119.